The number of cyclic esters (lactones) is 1. The van der Waals surface area contributed by atoms with Gasteiger partial charge in [0.2, 0.25) is 5.79 Å². The third-order valence-electron chi connectivity index (χ3n) is 13.0. The molecule has 1 amide bonds. The van der Waals surface area contributed by atoms with Crippen LogP contribution in [0.5, 0.6) is 0 Å². The summed E-state index contributed by atoms with van der Waals surface area (Å²) in [5.74, 6) is -5.99. The van der Waals surface area contributed by atoms with Crippen LogP contribution >= 0.6 is 0 Å². The van der Waals surface area contributed by atoms with E-state index in [-0.39, 0.29) is 49.5 Å². The quantitative estimate of drug-likeness (QED) is 0.210. The molecule has 13 nitrogen and oxygen atoms in total. The van der Waals surface area contributed by atoms with E-state index in [1.54, 1.807) is 41.3 Å². The molecule has 15 atom stereocenters. The third kappa shape index (κ3) is 11.4. The lowest BCUT2D eigenvalue weighted by molar-refractivity contribution is -0.346. The highest BCUT2D eigenvalue weighted by Gasteiger charge is 2.56. The van der Waals surface area contributed by atoms with Crippen LogP contribution in [0.25, 0.3) is 0 Å². The predicted molar refractivity (Wildman–Crippen MR) is 214 cm³/mol. The molecule has 324 valence electrons. The molecular weight excluding hydrogens is 734 g/mol. The summed E-state index contributed by atoms with van der Waals surface area (Å²) in [4.78, 5) is 43.8. The number of ether oxygens (including phenoxy) is 5. The van der Waals surface area contributed by atoms with E-state index in [1.165, 1.54) is 4.90 Å². The SMILES string of the molecule is C=CCC1/C=C(/C)CC(C)CC(OC)C2OC(O)(C(C)CC2OC)C(O)C(=O)N2CCCCC2C(=O)OC(/C(C)=C/C2CCC(O)C(OC)C2)C(C)C(O)CC1=O. The van der Waals surface area contributed by atoms with Crippen LogP contribution in [-0.2, 0) is 38.1 Å². The Hall–Kier alpha value is -2.49. The fourth-order valence-corrected chi connectivity index (χ4v) is 9.57. The van der Waals surface area contributed by atoms with Gasteiger partial charge in [-0.15, -0.1) is 6.58 Å². The molecule has 0 aromatic carbocycles. The number of carbonyl (C=O) groups is 3. The van der Waals surface area contributed by atoms with Gasteiger partial charge in [-0.1, -0.05) is 44.6 Å². The first kappa shape index (κ1) is 47.2. The number of hydrogen-bond donors (Lipinski definition) is 4. The standard InChI is InChI=1S/C44H71NO12/c1-10-13-31-19-25(2)18-26(3)20-37(54-8)40-38(55-9)22-28(5)44(52,57-40)41(49)42(50)45-17-12-11-14-32(45)43(51)56-39(29(6)34(47)24-35(31)48)27(4)21-30-15-16-33(46)36(23-30)53-7/h10,19,21,26,28-34,36-41,46-47,49,52H,1,11-18,20,22-24H2,2-9H3/b25-19-,27-21+. The van der Waals surface area contributed by atoms with Crippen molar-refractivity contribution in [1.82, 2.24) is 4.90 Å². The van der Waals surface area contributed by atoms with Crippen molar-refractivity contribution >= 4 is 17.7 Å². The van der Waals surface area contributed by atoms with Gasteiger partial charge < -0.3 is 49.0 Å². The van der Waals surface area contributed by atoms with Crippen molar-refractivity contribution in [3.05, 3.63) is 36.0 Å². The van der Waals surface area contributed by atoms with Gasteiger partial charge >= 0.3 is 5.97 Å². The van der Waals surface area contributed by atoms with Gasteiger partial charge in [0.05, 0.1) is 30.5 Å². The molecule has 57 heavy (non-hydrogen) atoms. The number of esters is 1. The van der Waals surface area contributed by atoms with Crippen LogP contribution in [0.15, 0.2) is 36.0 Å². The summed E-state index contributed by atoms with van der Waals surface area (Å²) in [6, 6.07) is -1.08. The second kappa shape index (κ2) is 21.2. The van der Waals surface area contributed by atoms with E-state index < -0.39 is 84.2 Å². The average Bonchev–Trinajstić information content (AvgIpc) is 3.18. The van der Waals surface area contributed by atoms with Crippen LogP contribution in [0.1, 0.15) is 105 Å². The summed E-state index contributed by atoms with van der Waals surface area (Å²) in [5, 5.41) is 46.0. The van der Waals surface area contributed by atoms with Crippen molar-refractivity contribution in [3.8, 4) is 0 Å². The largest absolute Gasteiger partial charge is 0.456 e. The maximum atomic E-state index is 14.3. The zero-order valence-corrected chi connectivity index (χ0v) is 35.5. The van der Waals surface area contributed by atoms with Crippen LogP contribution in [0.4, 0.5) is 0 Å². The molecule has 13 heteroatoms. The number of amides is 1. The number of fused-ring (bicyclic) bond motifs is 3. The predicted octanol–water partition coefficient (Wildman–Crippen LogP) is 4.43. The number of carbonyl (C=O) groups excluding carboxylic acids is 3. The second-order valence-corrected chi connectivity index (χ2v) is 17.4. The molecule has 3 heterocycles. The minimum atomic E-state index is -2.32. The Labute approximate surface area is 339 Å². The molecule has 4 aliphatic rings. The van der Waals surface area contributed by atoms with Gasteiger partial charge in [-0.25, -0.2) is 4.79 Å². The van der Waals surface area contributed by atoms with Gasteiger partial charge in [0, 0.05) is 52.0 Å². The lowest BCUT2D eigenvalue weighted by Crippen LogP contribution is -2.66. The topological polar surface area (TPSA) is 182 Å². The van der Waals surface area contributed by atoms with Crippen LogP contribution in [0, 0.1) is 29.6 Å². The number of aliphatic hydroxyl groups excluding tert-OH is 3. The summed E-state index contributed by atoms with van der Waals surface area (Å²) in [6.07, 6.45) is 3.39. The Morgan fingerprint density at radius 3 is 2.25 bits per heavy atom. The Bertz CT molecular complexity index is 1430. The first-order valence-electron chi connectivity index (χ1n) is 21.0. The van der Waals surface area contributed by atoms with Crippen molar-refractivity contribution < 1.29 is 58.5 Å². The number of piperidine rings is 1. The van der Waals surface area contributed by atoms with E-state index in [4.69, 9.17) is 23.7 Å². The van der Waals surface area contributed by atoms with Gasteiger partial charge in [0.15, 0.2) is 6.10 Å². The molecule has 0 aromatic rings. The lowest BCUT2D eigenvalue weighted by atomic mass is 9.81. The van der Waals surface area contributed by atoms with E-state index in [0.29, 0.717) is 56.9 Å². The van der Waals surface area contributed by atoms with Gasteiger partial charge in [0.25, 0.3) is 5.91 Å². The molecule has 15 unspecified atom stereocenters. The molecule has 2 bridgehead atoms. The molecule has 1 saturated carbocycles. The number of hydrogen-bond acceptors (Lipinski definition) is 12. The maximum absolute atomic E-state index is 14.3. The number of rotatable bonds is 7. The van der Waals surface area contributed by atoms with Crippen LogP contribution < -0.4 is 0 Å². The Balaban J connectivity index is 1.77. The van der Waals surface area contributed by atoms with Crippen LogP contribution in [0.2, 0.25) is 0 Å². The van der Waals surface area contributed by atoms with Crippen LogP contribution in [-0.4, -0.2) is 132 Å². The number of aliphatic hydroxyl groups is 4. The summed E-state index contributed by atoms with van der Waals surface area (Å²) in [6.45, 7) is 13.3. The normalized spacial score (nSPS) is 42.2. The van der Waals surface area contributed by atoms with Crippen molar-refractivity contribution in [2.45, 2.75) is 166 Å². The number of nitrogens with zero attached hydrogens (tertiary/aromatic N) is 1. The van der Waals surface area contributed by atoms with Crippen molar-refractivity contribution in [2.75, 3.05) is 27.9 Å². The molecule has 3 aliphatic heterocycles. The summed E-state index contributed by atoms with van der Waals surface area (Å²) in [7, 11) is 4.66. The number of methoxy groups -OCH3 is 3. The smallest absolute Gasteiger partial charge is 0.329 e. The summed E-state index contributed by atoms with van der Waals surface area (Å²) < 4.78 is 29.9. The first-order chi connectivity index (χ1) is 27.0. The zero-order valence-electron chi connectivity index (χ0n) is 35.5. The summed E-state index contributed by atoms with van der Waals surface area (Å²) >= 11 is 0. The highest BCUT2D eigenvalue weighted by atomic mass is 16.7. The minimum absolute atomic E-state index is 0.000937. The van der Waals surface area contributed by atoms with E-state index >= 15 is 0 Å². The van der Waals surface area contributed by atoms with Crippen molar-refractivity contribution in [3.63, 3.8) is 0 Å². The zero-order chi connectivity index (χ0) is 42.2. The molecule has 1 aliphatic carbocycles. The second-order valence-electron chi connectivity index (χ2n) is 17.4. The summed E-state index contributed by atoms with van der Waals surface area (Å²) in [5.41, 5.74) is 1.64. The molecule has 3 fully saturated rings. The molecule has 4 N–H and O–H groups in total. The van der Waals surface area contributed by atoms with Crippen LogP contribution in [0.3, 0.4) is 0 Å². The van der Waals surface area contributed by atoms with Gasteiger partial charge in [-0.2, -0.15) is 0 Å². The fourth-order valence-electron chi connectivity index (χ4n) is 9.57. The van der Waals surface area contributed by atoms with E-state index in [0.717, 1.165) is 5.57 Å². The Morgan fingerprint density at radius 2 is 1.60 bits per heavy atom. The maximum Gasteiger partial charge on any atom is 0.329 e. The third-order valence-corrected chi connectivity index (χ3v) is 13.0. The minimum Gasteiger partial charge on any atom is -0.456 e. The highest BCUT2D eigenvalue weighted by molar-refractivity contribution is 5.88. The molecule has 0 radical (unpaired) electrons. The molecule has 0 aromatic heterocycles. The van der Waals surface area contributed by atoms with Crippen molar-refractivity contribution in [1.29, 1.82) is 0 Å². The Kier molecular flexibility index (Phi) is 17.5. The number of ketones is 1. The average molecular weight is 806 g/mol. The monoisotopic (exact) mass is 805 g/mol. The molecule has 2 saturated heterocycles. The molecule has 0 spiro atoms. The van der Waals surface area contributed by atoms with Gasteiger partial charge in [0.1, 0.15) is 24.0 Å². The van der Waals surface area contributed by atoms with Gasteiger partial charge in [-0.3, -0.25) is 9.59 Å². The lowest BCUT2D eigenvalue weighted by Gasteiger charge is -2.49. The number of allylic oxidation sites excluding steroid dienone is 4. The van der Waals surface area contributed by atoms with E-state index in [1.807, 2.05) is 26.0 Å². The first-order valence-corrected chi connectivity index (χ1v) is 21.0. The molecule has 4 rings (SSSR count). The van der Waals surface area contributed by atoms with Crippen molar-refractivity contribution in [2.24, 2.45) is 29.6 Å². The van der Waals surface area contributed by atoms with E-state index in [9.17, 15) is 34.8 Å². The van der Waals surface area contributed by atoms with Gasteiger partial charge in [-0.05, 0) is 95.5 Å². The Morgan fingerprint density at radius 1 is 0.930 bits per heavy atom. The number of Topliss-reactive ketones (excluding diaryl/α,β-unsaturated/α-hetero) is 1. The van der Waals surface area contributed by atoms with E-state index in [2.05, 4.69) is 13.5 Å². The highest BCUT2D eigenvalue weighted by Crippen LogP contribution is 2.40. The molecular formula is C44H71NO12. The fraction of sp³-hybridized carbons (Fsp3) is 0.795.